The van der Waals surface area contributed by atoms with Crippen molar-refractivity contribution < 1.29 is 5.11 Å². The molecule has 1 aromatic rings. The highest BCUT2D eigenvalue weighted by atomic mass is 35.5. The van der Waals surface area contributed by atoms with Crippen LogP contribution >= 0.6 is 24.8 Å². The van der Waals surface area contributed by atoms with Crippen molar-refractivity contribution in [2.24, 2.45) is 0 Å². The third-order valence-electron chi connectivity index (χ3n) is 2.64. The summed E-state index contributed by atoms with van der Waals surface area (Å²) in [6.45, 7) is 2.39. The van der Waals surface area contributed by atoms with E-state index < -0.39 is 6.10 Å². The normalized spacial score (nSPS) is 18.2. The number of anilines is 3. The zero-order valence-corrected chi connectivity index (χ0v) is 11.4. The Morgan fingerprint density at radius 1 is 1.56 bits per heavy atom. The number of aromatic amines is 1. The van der Waals surface area contributed by atoms with Gasteiger partial charge in [-0.1, -0.05) is 6.92 Å². The van der Waals surface area contributed by atoms with E-state index in [1.807, 2.05) is 6.92 Å². The van der Waals surface area contributed by atoms with E-state index in [-0.39, 0.29) is 42.4 Å². The average Bonchev–Trinajstić information content (AvgIpc) is 2.27. The van der Waals surface area contributed by atoms with Gasteiger partial charge in [-0.2, -0.15) is 4.98 Å². The molecule has 0 fully saturated rings. The van der Waals surface area contributed by atoms with Crippen LogP contribution in [0.3, 0.4) is 0 Å². The number of aliphatic hydroxyl groups excluding tert-OH is 1. The minimum absolute atomic E-state index is 0. The Bertz CT molecular complexity index is 453. The van der Waals surface area contributed by atoms with Crippen molar-refractivity contribution in [1.29, 1.82) is 0 Å². The Morgan fingerprint density at radius 3 is 2.83 bits per heavy atom. The number of nitrogens with two attached hydrogens (primary N) is 1. The summed E-state index contributed by atoms with van der Waals surface area (Å²) in [5.41, 5.74) is 5.42. The number of aromatic nitrogens is 2. The van der Waals surface area contributed by atoms with Gasteiger partial charge in [-0.15, -0.1) is 24.8 Å². The fraction of sp³-hybridized carbons (Fsp3) is 0.556. The highest BCUT2D eigenvalue weighted by Gasteiger charge is 2.25. The molecule has 9 heteroatoms. The molecule has 0 bridgehead atoms. The Morgan fingerprint density at radius 2 is 2.22 bits per heavy atom. The monoisotopic (exact) mass is 297 g/mol. The molecular weight excluding hydrogens is 281 g/mol. The van der Waals surface area contributed by atoms with Gasteiger partial charge in [0.1, 0.15) is 5.69 Å². The van der Waals surface area contributed by atoms with Crippen LogP contribution in [0.4, 0.5) is 17.5 Å². The summed E-state index contributed by atoms with van der Waals surface area (Å²) >= 11 is 0. The van der Waals surface area contributed by atoms with E-state index in [0.29, 0.717) is 24.5 Å². The molecule has 0 saturated heterocycles. The third-order valence-corrected chi connectivity index (χ3v) is 2.64. The topological polar surface area (TPSA) is 116 Å². The van der Waals surface area contributed by atoms with Gasteiger partial charge >= 0.3 is 0 Å². The van der Waals surface area contributed by atoms with Gasteiger partial charge < -0.3 is 21.5 Å². The molecular formula is C9H17Cl2N5O2. The van der Waals surface area contributed by atoms with Crippen molar-refractivity contribution in [2.45, 2.75) is 25.5 Å². The van der Waals surface area contributed by atoms with Crippen LogP contribution in [0.25, 0.3) is 0 Å². The number of halogens is 2. The molecule has 1 aliphatic rings. The third kappa shape index (κ3) is 3.18. The molecule has 18 heavy (non-hydrogen) atoms. The van der Waals surface area contributed by atoms with Gasteiger partial charge in [0.15, 0.2) is 5.82 Å². The van der Waals surface area contributed by atoms with E-state index in [2.05, 4.69) is 20.6 Å². The van der Waals surface area contributed by atoms with Crippen molar-refractivity contribution in [1.82, 2.24) is 9.97 Å². The first-order valence-electron chi connectivity index (χ1n) is 5.20. The van der Waals surface area contributed by atoms with Crippen LogP contribution in [0.15, 0.2) is 4.79 Å². The Labute approximate surface area is 116 Å². The minimum Gasteiger partial charge on any atom is -0.391 e. The maximum Gasteiger partial charge on any atom is 0.277 e. The molecule has 0 aromatic carbocycles. The molecule has 1 aliphatic heterocycles. The lowest BCUT2D eigenvalue weighted by atomic mass is 10.1. The molecule has 0 radical (unpaired) electrons. The number of H-pyrrole nitrogens is 1. The van der Waals surface area contributed by atoms with Gasteiger partial charge in [0.2, 0.25) is 5.95 Å². The molecule has 1 aromatic heterocycles. The summed E-state index contributed by atoms with van der Waals surface area (Å²) in [6.07, 6.45) is 0.118. The first-order valence-corrected chi connectivity index (χ1v) is 5.20. The van der Waals surface area contributed by atoms with Gasteiger partial charge in [0.05, 0.1) is 12.1 Å². The lowest BCUT2D eigenvalue weighted by Gasteiger charge is -2.29. The molecule has 2 heterocycles. The molecule has 0 amide bonds. The molecule has 0 aliphatic carbocycles. The summed E-state index contributed by atoms with van der Waals surface area (Å²) < 4.78 is 0. The van der Waals surface area contributed by atoms with Crippen molar-refractivity contribution in [2.75, 3.05) is 22.9 Å². The van der Waals surface area contributed by atoms with Crippen LogP contribution in [0, 0.1) is 0 Å². The highest BCUT2D eigenvalue weighted by Crippen LogP contribution is 2.21. The SMILES string of the molecule is CC[C@@H](O)[C@H]1CNc2nc(N)[nH]c(=O)c2N1.Cl.Cl. The second-order valence-electron chi connectivity index (χ2n) is 3.78. The van der Waals surface area contributed by atoms with Crippen LogP contribution in [0.2, 0.25) is 0 Å². The van der Waals surface area contributed by atoms with Crippen LogP contribution in [-0.2, 0) is 0 Å². The number of hydrogen-bond acceptors (Lipinski definition) is 6. The Hall–Kier alpha value is -1.18. The number of aliphatic hydroxyl groups is 1. The van der Waals surface area contributed by atoms with Crippen LogP contribution in [0.1, 0.15) is 13.3 Å². The van der Waals surface area contributed by atoms with Gasteiger partial charge in [0.25, 0.3) is 5.56 Å². The van der Waals surface area contributed by atoms with Gasteiger partial charge in [-0.25, -0.2) is 0 Å². The number of nitrogens with one attached hydrogen (secondary N) is 3. The number of hydrogen-bond donors (Lipinski definition) is 5. The quantitative estimate of drug-likeness (QED) is 0.531. The molecule has 2 rings (SSSR count). The number of fused-ring (bicyclic) bond motifs is 1. The summed E-state index contributed by atoms with van der Waals surface area (Å²) in [6, 6.07) is -0.191. The van der Waals surface area contributed by atoms with Crippen LogP contribution in [0.5, 0.6) is 0 Å². The van der Waals surface area contributed by atoms with Crippen LogP contribution < -0.4 is 21.9 Å². The molecule has 0 spiro atoms. The maximum absolute atomic E-state index is 11.6. The number of nitrogen functional groups attached to an aromatic ring is 1. The van der Waals surface area contributed by atoms with E-state index in [9.17, 15) is 9.90 Å². The van der Waals surface area contributed by atoms with Crippen LogP contribution in [-0.4, -0.2) is 33.8 Å². The summed E-state index contributed by atoms with van der Waals surface area (Å²) in [5.74, 6) is 0.508. The smallest absolute Gasteiger partial charge is 0.277 e. The first-order chi connectivity index (χ1) is 7.61. The lowest BCUT2D eigenvalue weighted by molar-refractivity contribution is 0.151. The second-order valence-corrected chi connectivity index (χ2v) is 3.78. The Kier molecular flexibility index (Phi) is 6.23. The number of nitrogens with zero attached hydrogens (tertiary/aromatic N) is 1. The minimum atomic E-state index is -0.502. The zero-order valence-electron chi connectivity index (χ0n) is 9.77. The zero-order chi connectivity index (χ0) is 11.7. The second kappa shape index (κ2) is 6.67. The van der Waals surface area contributed by atoms with Crippen molar-refractivity contribution in [3.63, 3.8) is 0 Å². The van der Waals surface area contributed by atoms with Gasteiger partial charge in [-0.3, -0.25) is 9.78 Å². The molecule has 104 valence electrons. The van der Waals surface area contributed by atoms with E-state index in [4.69, 9.17) is 5.73 Å². The predicted octanol–water partition coefficient (Wildman–Crippen LogP) is 0.173. The van der Waals surface area contributed by atoms with Gasteiger partial charge in [-0.05, 0) is 6.42 Å². The van der Waals surface area contributed by atoms with Gasteiger partial charge in [0, 0.05) is 6.54 Å². The average molecular weight is 298 g/mol. The van der Waals surface area contributed by atoms with Crippen molar-refractivity contribution >= 4 is 42.3 Å². The first kappa shape index (κ1) is 16.8. The van der Waals surface area contributed by atoms with Crippen molar-refractivity contribution in [3.05, 3.63) is 10.4 Å². The fourth-order valence-corrected chi connectivity index (χ4v) is 1.71. The largest absolute Gasteiger partial charge is 0.391 e. The number of rotatable bonds is 2. The van der Waals surface area contributed by atoms with E-state index in [1.165, 1.54) is 0 Å². The summed E-state index contributed by atoms with van der Waals surface area (Å²) in [4.78, 5) is 17.9. The van der Waals surface area contributed by atoms with E-state index >= 15 is 0 Å². The Balaban J connectivity index is 0.00000144. The maximum atomic E-state index is 11.6. The fourth-order valence-electron chi connectivity index (χ4n) is 1.71. The molecule has 2 atom stereocenters. The lowest BCUT2D eigenvalue weighted by Crippen LogP contribution is -2.44. The highest BCUT2D eigenvalue weighted by molar-refractivity contribution is 5.85. The molecule has 6 N–H and O–H groups in total. The molecule has 7 nitrogen and oxygen atoms in total. The predicted molar refractivity (Wildman–Crippen MR) is 76.0 cm³/mol. The molecule has 0 saturated carbocycles. The van der Waals surface area contributed by atoms with E-state index in [0.717, 1.165) is 0 Å². The van der Waals surface area contributed by atoms with Crippen molar-refractivity contribution in [3.8, 4) is 0 Å². The molecule has 0 unspecified atom stereocenters. The standard InChI is InChI=1S/C9H15N5O2.2ClH/c1-2-5(15)4-3-11-7-6(12-4)8(16)14-9(10)13-7;;/h4-5,12,15H,2-3H2,1H3,(H4,10,11,13,14,16);2*1H/t4-,5-;;/m1../s1. The summed E-state index contributed by atoms with van der Waals surface area (Å²) in [5, 5.41) is 15.6. The summed E-state index contributed by atoms with van der Waals surface area (Å²) in [7, 11) is 0. The van der Waals surface area contributed by atoms with E-state index in [1.54, 1.807) is 0 Å².